The number of aliphatic carboxylic acids is 1. The van der Waals surface area contributed by atoms with Crippen LogP contribution in [0.15, 0.2) is 32.2 Å². The number of nitrogens with one attached hydrogen (secondary N) is 1. The number of oxime groups is 1. The predicted octanol–water partition coefficient (Wildman–Crippen LogP) is -3.87. The summed E-state index contributed by atoms with van der Waals surface area (Å²) in [6, 6.07) is -0.931. The minimum absolute atomic E-state index is 0. The van der Waals surface area contributed by atoms with Gasteiger partial charge in [-0.2, -0.15) is 0 Å². The maximum absolute atomic E-state index is 12.8. The summed E-state index contributed by atoms with van der Waals surface area (Å²) in [4.78, 5) is 47.2. The fourth-order valence-electron chi connectivity index (χ4n) is 3.06. The number of amides is 2. The first-order chi connectivity index (χ1) is 15.4. The zero-order valence-electron chi connectivity index (χ0n) is 17.2. The van der Waals surface area contributed by atoms with Crippen molar-refractivity contribution in [2.75, 3.05) is 24.3 Å². The van der Waals surface area contributed by atoms with E-state index in [0.29, 0.717) is 17.1 Å². The van der Waals surface area contributed by atoms with Gasteiger partial charge in [-0.15, -0.1) is 40.0 Å². The molecule has 3 N–H and O–H groups in total. The first-order valence-electron chi connectivity index (χ1n) is 8.82. The number of hydrogen-bond donors (Lipinski definition) is 2. The van der Waals surface area contributed by atoms with E-state index in [1.54, 1.807) is 6.20 Å². The molecule has 2 aromatic rings. The molecule has 1 fully saturated rings. The van der Waals surface area contributed by atoms with E-state index in [1.807, 2.05) is 0 Å². The van der Waals surface area contributed by atoms with E-state index in [4.69, 9.17) is 10.6 Å². The molecule has 2 aromatic heterocycles. The van der Waals surface area contributed by atoms with Crippen molar-refractivity contribution < 1.29 is 53.9 Å². The number of carbonyl (C=O) groups is 3. The van der Waals surface area contributed by atoms with Gasteiger partial charge in [0.25, 0.3) is 11.8 Å². The van der Waals surface area contributed by atoms with Crippen LogP contribution in [0.2, 0.25) is 0 Å². The van der Waals surface area contributed by atoms with Gasteiger partial charge in [0, 0.05) is 16.9 Å². The van der Waals surface area contributed by atoms with E-state index in [2.05, 4.69) is 25.0 Å². The third-order valence-corrected chi connectivity index (χ3v) is 8.35. The van der Waals surface area contributed by atoms with Gasteiger partial charge in [0.15, 0.2) is 10.8 Å². The number of β-lactam (4-membered cyclic amide) rings is 1. The number of hydrogen-bond acceptors (Lipinski definition) is 14. The zero-order valence-corrected chi connectivity index (χ0v) is 22.5. The molecule has 2 aliphatic rings. The van der Waals surface area contributed by atoms with Crippen LogP contribution in [-0.4, -0.2) is 73.0 Å². The molecule has 0 aromatic carbocycles. The number of carboxylic acids is 1. The van der Waals surface area contributed by atoms with Crippen LogP contribution in [0.4, 0.5) is 5.13 Å². The molecule has 1 saturated heterocycles. The number of rotatable bonds is 8. The van der Waals surface area contributed by atoms with Gasteiger partial charge in [-0.3, -0.25) is 14.5 Å². The van der Waals surface area contributed by atoms with Crippen LogP contribution in [0, 0.1) is 0 Å². The van der Waals surface area contributed by atoms with Crippen LogP contribution in [-0.2, 0) is 19.2 Å². The summed E-state index contributed by atoms with van der Waals surface area (Å²) in [5.41, 5.74) is 6.08. The molecule has 4 heterocycles. The Morgan fingerprint density at radius 2 is 2.27 bits per heavy atom. The average molecular weight is 536 g/mol. The molecule has 2 aliphatic heterocycles. The summed E-state index contributed by atoms with van der Waals surface area (Å²) in [5, 5.41) is 23.0. The minimum atomic E-state index is -1.44. The molecule has 2 unspecified atom stereocenters. The molecule has 0 spiro atoms. The quantitative estimate of drug-likeness (QED) is 0.111. The fraction of sp³-hybridized carbons (Fsp3) is 0.312. The molecule has 33 heavy (non-hydrogen) atoms. The van der Waals surface area contributed by atoms with Crippen LogP contribution in [0.3, 0.4) is 0 Å². The second-order valence-electron chi connectivity index (χ2n) is 6.32. The number of fused-ring (bicyclic) bond motifs is 1. The average Bonchev–Trinajstić information content (AvgIpc) is 3.45. The van der Waals surface area contributed by atoms with Crippen molar-refractivity contribution in [3.63, 3.8) is 0 Å². The molecular weight excluding hydrogens is 521 g/mol. The van der Waals surface area contributed by atoms with Gasteiger partial charge >= 0.3 is 29.6 Å². The molecule has 0 saturated carbocycles. The summed E-state index contributed by atoms with van der Waals surface area (Å²) in [6.45, 7) is 0. The minimum Gasteiger partial charge on any atom is -0.543 e. The van der Waals surface area contributed by atoms with Gasteiger partial charge in [-0.25, -0.2) is 4.98 Å². The van der Waals surface area contributed by atoms with Crippen LogP contribution in [0.25, 0.3) is 0 Å². The first kappa shape index (κ1) is 25.9. The second-order valence-corrected chi connectivity index (χ2v) is 10.4. The molecule has 0 aliphatic carbocycles. The summed E-state index contributed by atoms with van der Waals surface area (Å²) in [7, 11) is 1.27. The smallest absolute Gasteiger partial charge is 0.543 e. The van der Waals surface area contributed by atoms with Gasteiger partial charge in [-0.05, 0) is 17.1 Å². The monoisotopic (exact) mass is 535 g/mol. The van der Waals surface area contributed by atoms with E-state index in [9.17, 15) is 19.5 Å². The fourth-order valence-corrected chi connectivity index (χ4v) is 6.52. The van der Waals surface area contributed by atoms with Crippen molar-refractivity contribution >= 4 is 75.0 Å². The number of nitrogens with zero attached hydrogens (tertiary/aromatic N) is 5. The van der Waals surface area contributed by atoms with Crippen LogP contribution < -0.4 is 45.7 Å². The Kier molecular flexibility index (Phi) is 8.76. The molecule has 2 amide bonds. The Morgan fingerprint density at radius 3 is 2.88 bits per heavy atom. The number of thioether (sulfide) groups is 2. The van der Waals surface area contributed by atoms with E-state index in [0.717, 1.165) is 20.4 Å². The van der Waals surface area contributed by atoms with Crippen LogP contribution in [0.5, 0.6) is 0 Å². The maximum Gasteiger partial charge on any atom is 1.00 e. The molecule has 2 atom stereocenters. The molecule has 4 rings (SSSR count). The largest absolute Gasteiger partial charge is 1.00 e. The van der Waals surface area contributed by atoms with Crippen LogP contribution >= 0.6 is 46.4 Å². The standard InChI is InChI=1S/C16H15N7O5S4.Na/c1-28-21-9(7-5-31-16(17)19-7)12(24)20-10-13(25)23-11(15(26)27)6(4-30-14(10)23)3-29-8-2-18-22-32-8;/h2,5,10,14H,3-4H2,1H3,(H2,17,19)(H,20,24)(H,26,27);/q;+1/p-1/b21-9+;. The Balaban J connectivity index is 0.00000306. The van der Waals surface area contributed by atoms with Gasteiger partial charge in [0.2, 0.25) is 0 Å². The molecule has 0 radical (unpaired) electrons. The number of thiazole rings is 1. The summed E-state index contributed by atoms with van der Waals surface area (Å²) < 4.78 is 4.59. The summed E-state index contributed by atoms with van der Waals surface area (Å²) in [6.07, 6.45) is 1.59. The second kappa shape index (κ2) is 11.2. The van der Waals surface area contributed by atoms with Crippen molar-refractivity contribution in [3.8, 4) is 0 Å². The topological polar surface area (TPSA) is 176 Å². The number of anilines is 1. The number of carboxylic acid groups (broad SMARTS) is 1. The molecule has 17 heteroatoms. The van der Waals surface area contributed by atoms with Crippen molar-refractivity contribution in [1.29, 1.82) is 0 Å². The Morgan fingerprint density at radius 1 is 1.48 bits per heavy atom. The number of nitrogen functional groups attached to an aromatic ring is 1. The Labute approximate surface area is 225 Å². The van der Waals surface area contributed by atoms with E-state index >= 15 is 0 Å². The van der Waals surface area contributed by atoms with Crippen molar-refractivity contribution in [3.05, 3.63) is 28.5 Å². The maximum atomic E-state index is 12.8. The first-order valence-corrected chi connectivity index (χ1v) is 12.5. The summed E-state index contributed by atoms with van der Waals surface area (Å²) >= 11 is 5.06. The zero-order chi connectivity index (χ0) is 22.8. The normalized spacial score (nSPS) is 20.0. The van der Waals surface area contributed by atoms with Crippen LogP contribution in [0.1, 0.15) is 5.69 Å². The number of aromatic nitrogens is 3. The third-order valence-electron chi connectivity index (χ3n) is 4.42. The molecule has 12 nitrogen and oxygen atoms in total. The molecule has 0 bridgehead atoms. The SMILES string of the molecule is CO/N=C(/C(=O)NC1C(=O)N2C(C(=O)[O-])=C(CSc3cnns3)CSC12)c1csc(N)n1.[Na+]. The Hall–Kier alpha value is -1.69. The van der Waals surface area contributed by atoms with Crippen molar-refractivity contribution in [2.45, 2.75) is 15.6 Å². The summed E-state index contributed by atoms with van der Waals surface area (Å²) in [5.74, 6) is -1.96. The number of carbonyl (C=O) groups excluding carboxylic acids is 3. The van der Waals surface area contributed by atoms with E-state index < -0.39 is 29.2 Å². The predicted molar refractivity (Wildman–Crippen MR) is 118 cm³/mol. The molecular formula is C16H14N7NaO5S4. The number of nitrogens with two attached hydrogens (primary N) is 1. The third kappa shape index (κ3) is 5.36. The van der Waals surface area contributed by atoms with Crippen molar-refractivity contribution in [2.24, 2.45) is 5.16 Å². The molecule has 168 valence electrons. The van der Waals surface area contributed by atoms with Gasteiger partial charge in [-0.1, -0.05) is 9.64 Å². The van der Waals surface area contributed by atoms with Gasteiger partial charge < -0.3 is 25.8 Å². The van der Waals surface area contributed by atoms with E-state index in [-0.39, 0.29) is 51.8 Å². The van der Waals surface area contributed by atoms with Gasteiger partial charge in [0.05, 0.1) is 17.9 Å². The van der Waals surface area contributed by atoms with Crippen molar-refractivity contribution in [1.82, 2.24) is 24.8 Å². The van der Waals surface area contributed by atoms with Gasteiger partial charge in [0.1, 0.15) is 28.4 Å². The van der Waals surface area contributed by atoms with E-state index in [1.165, 1.54) is 47.5 Å². The Bertz CT molecular complexity index is 1120.